The van der Waals surface area contributed by atoms with E-state index in [4.69, 9.17) is 4.74 Å². The fourth-order valence-corrected chi connectivity index (χ4v) is 1.66. The number of hydrogen-bond acceptors (Lipinski definition) is 4. The largest absolute Gasteiger partial charge is 0.460 e. The first kappa shape index (κ1) is 12.3. The molecule has 6 nitrogen and oxygen atoms in total. The summed E-state index contributed by atoms with van der Waals surface area (Å²) >= 11 is 0. The van der Waals surface area contributed by atoms with Gasteiger partial charge in [0, 0.05) is 11.8 Å². The highest BCUT2D eigenvalue weighted by Gasteiger charge is 2.18. The molecule has 2 heterocycles. The van der Waals surface area contributed by atoms with Crippen LogP contribution in [0.1, 0.15) is 26.3 Å². The van der Waals surface area contributed by atoms with Crippen LogP contribution in [0, 0.1) is 0 Å². The van der Waals surface area contributed by atoms with E-state index in [9.17, 15) is 9.59 Å². The van der Waals surface area contributed by atoms with Crippen LogP contribution in [-0.4, -0.2) is 26.2 Å². The summed E-state index contributed by atoms with van der Waals surface area (Å²) in [6.07, 6.45) is 1.69. The van der Waals surface area contributed by atoms with Crippen LogP contribution < -0.4 is 5.69 Å². The van der Waals surface area contributed by atoms with E-state index in [2.05, 4.69) is 10.2 Å². The third kappa shape index (κ3) is 2.58. The summed E-state index contributed by atoms with van der Waals surface area (Å²) in [6.45, 7) is 5.43. The SMILES string of the molecule is CC(C)(C)OC(=O)Cc1cccn2c(=O)[nH]nc12. The Hall–Kier alpha value is -2.11. The first-order valence-corrected chi connectivity index (χ1v) is 5.63. The molecule has 2 aromatic rings. The van der Waals surface area contributed by atoms with Crippen molar-refractivity contribution >= 4 is 11.6 Å². The minimum atomic E-state index is -0.520. The molecule has 2 rings (SSSR count). The number of H-pyrrole nitrogens is 1. The lowest BCUT2D eigenvalue weighted by molar-refractivity contribution is -0.153. The quantitative estimate of drug-likeness (QED) is 0.802. The van der Waals surface area contributed by atoms with Crippen LogP contribution in [0.25, 0.3) is 5.65 Å². The molecule has 1 N–H and O–H groups in total. The van der Waals surface area contributed by atoms with Crippen LogP contribution in [0.5, 0.6) is 0 Å². The first-order valence-electron chi connectivity index (χ1n) is 5.63. The van der Waals surface area contributed by atoms with Gasteiger partial charge in [0.2, 0.25) is 0 Å². The number of carbonyl (C=O) groups is 1. The highest BCUT2D eigenvalue weighted by atomic mass is 16.6. The number of pyridine rings is 1. The van der Waals surface area contributed by atoms with Gasteiger partial charge < -0.3 is 4.74 Å². The molecule has 0 aliphatic heterocycles. The Balaban J connectivity index is 2.27. The second-order valence-corrected chi connectivity index (χ2v) is 5.02. The molecule has 0 unspecified atom stereocenters. The van der Waals surface area contributed by atoms with Gasteiger partial charge in [0.05, 0.1) is 6.42 Å². The van der Waals surface area contributed by atoms with Crippen molar-refractivity contribution in [2.75, 3.05) is 0 Å². The third-order valence-corrected chi connectivity index (χ3v) is 2.28. The van der Waals surface area contributed by atoms with Gasteiger partial charge in [-0.3, -0.25) is 9.20 Å². The Bertz CT molecular complexity index is 634. The lowest BCUT2D eigenvalue weighted by Gasteiger charge is -2.19. The van der Waals surface area contributed by atoms with E-state index in [0.29, 0.717) is 11.2 Å². The van der Waals surface area contributed by atoms with Gasteiger partial charge in [0.25, 0.3) is 0 Å². The Kier molecular flexibility index (Phi) is 2.94. The van der Waals surface area contributed by atoms with Crippen LogP contribution in [-0.2, 0) is 16.0 Å². The maximum atomic E-state index is 11.7. The fraction of sp³-hybridized carbons (Fsp3) is 0.417. The summed E-state index contributed by atoms with van der Waals surface area (Å²) in [4.78, 5) is 23.1. The molecule has 0 fully saturated rings. The predicted octanol–water partition coefficient (Wildman–Crippen LogP) is 0.907. The predicted molar refractivity (Wildman–Crippen MR) is 65.4 cm³/mol. The normalized spacial score (nSPS) is 11.7. The maximum Gasteiger partial charge on any atom is 0.347 e. The van der Waals surface area contributed by atoms with Gasteiger partial charge >= 0.3 is 11.7 Å². The highest BCUT2D eigenvalue weighted by Crippen LogP contribution is 2.12. The van der Waals surface area contributed by atoms with Gasteiger partial charge in [-0.25, -0.2) is 9.89 Å². The number of esters is 1. The molecule has 0 saturated heterocycles. The molecule has 0 aliphatic carbocycles. The highest BCUT2D eigenvalue weighted by molar-refractivity contribution is 5.75. The number of hydrogen-bond donors (Lipinski definition) is 1. The molecule has 18 heavy (non-hydrogen) atoms. The van der Waals surface area contributed by atoms with Crippen molar-refractivity contribution in [3.63, 3.8) is 0 Å². The first-order chi connectivity index (χ1) is 8.37. The van der Waals surface area contributed by atoms with Crippen molar-refractivity contribution in [3.8, 4) is 0 Å². The van der Waals surface area contributed by atoms with Crippen LogP contribution in [0.15, 0.2) is 23.1 Å². The topological polar surface area (TPSA) is 76.5 Å². The van der Waals surface area contributed by atoms with Crippen molar-refractivity contribution < 1.29 is 9.53 Å². The van der Waals surface area contributed by atoms with Crippen molar-refractivity contribution in [1.29, 1.82) is 0 Å². The number of nitrogens with one attached hydrogen (secondary N) is 1. The molecule has 0 saturated carbocycles. The molecule has 0 aliphatic rings. The third-order valence-electron chi connectivity index (χ3n) is 2.28. The van der Waals surface area contributed by atoms with Gasteiger partial charge in [-0.1, -0.05) is 6.07 Å². The maximum absolute atomic E-state index is 11.7. The summed E-state index contributed by atoms with van der Waals surface area (Å²) < 4.78 is 6.59. The van der Waals surface area contributed by atoms with Crippen LogP contribution in [0.2, 0.25) is 0 Å². The number of fused-ring (bicyclic) bond motifs is 1. The Morgan fingerprint density at radius 1 is 1.50 bits per heavy atom. The van der Waals surface area contributed by atoms with E-state index in [-0.39, 0.29) is 18.1 Å². The van der Waals surface area contributed by atoms with E-state index >= 15 is 0 Å². The standard InChI is InChI=1S/C12H15N3O3/c1-12(2,3)18-9(16)7-8-5-4-6-15-10(8)13-14-11(15)17/h4-6H,7H2,1-3H3,(H,14,17). The van der Waals surface area contributed by atoms with Crippen molar-refractivity contribution in [1.82, 2.24) is 14.6 Å². The van der Waals surface area contributed by atoms with Gasteiger partial charge in [-0.15, -0.1) is 0 Å². The summed E-state index contributed by atoms with van der Waals surface area (Å²) in [5.41, 5.74) is 0.266. The van der Waals surface area contributed by atoms with Crippen molar-refractivity contribution in [3.05, 3.63) is 34.4 Å². The van der Waals surface area contributed by atoms with Crippen LogP contribution in [0.4, 0.5) is 0 Å². The number of ether oxygens (including phenoxy) is 1. The van der Waals surface area contributed by atoms with Gasteiger partial charge in [-0.05, 0) is 26.8 Å². The zero-order valence-electron chi connectivity index (χ0n) is 10.6. The molecule has 2 aromatic heterocycles. The Labute approximate surface area is 104 Å². The van der Waals surface area contributed by atoms with Gasteiger partial charge in [0.15, 0.2) is 5.65 Å². The number of rotatable bonds is 2. The van der Waals surface area contributed by atoms with E-state index in [0.717, 1.165) is 0 Å². The van der Waals surface area contributed by atoms with Crippen molar-refractivity contribution in [2.45, 2.75) is 32.8 Å². The second kappa shape index (κ2) is 4.29. The molecular weight excluding hydrogens is 234 g/mol. The average molecular weight is 249 g/mol. The fourth-order valence-electron chi connectivity index (χ4n) is 1.66. The molecule has 0 atom stereocenters. The summed E-state index contributed by atoms with van der Waals surface area (Å²) in [7, 11) is 0. The zero-order valence-corrected chi connectivity index (χ0v) is 10.6. The summed E-state index contributed by atoms with van der Waals surface area (Å²) in [6, 6.07) is 3.45. The lowest BCUT2D eigenvalue weighted by Crippen LogP contribution is -2.25. The number of carbonyl (C=O) groups excluding carboxylic acids is 1. The molecular formula is C12H15N3O3. The number of aromatic nitrogens is 3. The van der Waals surface area contributed by atoms with Crippen LogP contribution >= 0.6 is 0 Å². The second-order valence-electron chi connectivity index (χ2n) is 5.02. The molecule has 96 valence electrons. The molecule has 0 aromatic carbocycles. The average Bonchev–Trinajstić information content (AvgIpc) is 2.59. The summed E-state index contributed by atoms with van der Waals surface area (Å²) in [5.74, 6) is -0.342. The van der Waals surface area contributed by atoms with Crippen molar-refractivity contribution in [2.24, 2.45) is 0 Å². The molecule has 0 radical (unpaired) electrons. The number of aromatic amines is 1. The minimum absolute atomic E-state index is 0.0892. The van der Waals surface area contributed by atoms with E-state index in [1.54, 1.807) is 18.3 Å². The molecule has 6 heteroatoms. The van der Waals surface area contributed by atoms with Crippen LogP contribution in [0.3, 0.4) is 0 Å². The Morgan fingerprint density at radius 3 is 2.89 bits per heavy atom. The molecule has 0 amide bonds. The van der Waals surface area contributed by atoms with Gasteiger partial charge in [0.1, 0.15) is 5.60 Å². The molecule has 0 spiro atoms. The zero-order chi connectivity index (χ0) is 13.3. The van der Waals surface area contributed by atoms with Gasteiger partial charge in [-0.2, -0.15) is 5.10 Å². The minimum Gasteiger partial charge on any atom is -0.460 e. The van der Waals surface area contributed by atoms with E-state index < -0.39 is 5.60 Å². The molecule has 0 bridgehead atoms. The van der Waals surface area contributed by atoms with E-state index in [1.807, 2.05) is 20.8 Å². The monoisotopic (exact) mass is 249 g/mol. The lowest BCUT2D eigenvalue weighted by atomic mass is 10.1. The Morgan fingerprint density at radius 2 is 2.22 bits per heavy atom. The summed E-state index contributed by atoms with van der Waals surface area (Å²) in [5, 5.41) is 6.23. The number of nitrogens with zero attached hydrogens (tertiary/aromatic N) is 2. The van der Waals surface area contributed by atoms with E-state index in [1.165, 1.54) is 4.40 Å². The smallest absolute Gasteiger partial charge is 0.347 e.